The van der Waals surface area contributed by atoms with Crippen molar-refractivity contribution in [3.63, 3.8) is 0 Å². The van der Waals surface area contributed by atoms with Crippen LogP contribution in [-0.4, -0.2) is 12.5 Å². The molecule has 2 nitrogen and oxygen atoms in total. The normalized spacial score (nSPS) is 13.3. The van der Waals surface area contributed by atoms with Crippen molar-refractivity contribution in [1.82, 2.24) is 4.40 Å². The van der Waals surface area contributed by atoms with Gasteiger partial charge in [-0.05, 0) is 47.4 Å². The molecule has 0 atom stereocenters. The third-order valence-corrected chi connectivity index (χ3v) is 14.8. The van der Waals surface area contributed by atoms with E-state index >= 15 is 0 Å². The fraction of sp³-hybridized carbons (Fsp3) is 0.382. The van der Waals surface area contributed by atoms with E-state index in [1.54, 1.807) is 5.19 Å². The van der Waals surface area contributed by atoms with Crippen molar-refractivity contribution in [2.24, 2.45) is 12.5 Å². The predicted molar refractivity (Wildman–Crippen MR) is 165 cm³/mol. The molecule has 3 aromatic heterocycles. The first-order valence-corrected chi connectivity index (χ1v) is 16.8. The minimum absolute atomic E-state index is 0.255. The summed E-state index contributed by atoms with van der Waals surface area (Å²) in [5, 5.41) is 8.55. The molecule has 3 aromatic carbocycles. The monoisotopic (exact) mass is 505 g/mol. The molecule has 0 bridgehead atoms. The fourth-order valence-corrected chi connectivity index (χ4v) is 10.8. The maximum absolute atomic E-state index is 2.64. The molecule has 0 amide bonds. The SMILES string of the molecule is CC[Si](CC)(CC)c1cc2cc[n+](C)c3c4c(C)ccc5c6ccc(CC(C)(C)C)cc6n(c(c1)c23)c54. The van der Waals surface area contributed by atoms with E-state index in [0.29, 0.717) is 0 Å². The van der Waals surface area contributed by atoms with Gasteiger partial charge in [0.15, 0.2) is 6.20 Å². The summed E-state index contributed by atoms with van der Waals surface area (Å²) in [7, 11) is 0.655. The molecule has 3 heterocycles. The van der Waals surface area contributed by atoms with Gasteiger partial charge in [-0.2, -0.15) is 0 Å². The lowest BCUT2D eigenvalue weighted by molar-refractivity contribution is -0.643. The highest BCUT2D eigenvalue weighted by molar-refractivity contribution is 6.92. The lowest BCUT2D eigenvalue weighted by Crippen LogP contribution is -2.45. The standard InChI is InChI=1S/C34H41N2Si/c1-9-37(10-2,11-3)25-19-24-16-17-35(8)33-30-22(4)12-14-27-26-15-13-23(21-34(5,6)7)18-28(26)36(32(27)30)29(20-25)31(24)33/h12-20H,9-11,21H2,1-8H3/q+1. The number of hydrogen-bond donors (Lipinski definition) is 0. The van der Waals surface area contributed by atoms with Gasteiger partial charge in [-0.15, -0.1) is 0 Å². The molecule has 0 saturated carbocycles. The molecule has 0 aliphatic heterocycles. The Balaban J connectivity index is 1.89. The Morgan fingerprint density at radius 3 is 2.19 bits per heavy atom. The largest absolute Gasteiger partial charge is 0.307 e. The number of hydrogen-bond acceptors (Lipinski definition) is 0. The molecular formula is C34H41N2Si+. The van der Waals surface area contributed by atoms with E-state index in [1.807, 2.05) is 0 Å². The highest BCUT2D eigenvalue weighted by Crippen LogP contribution is 2.41. The maximum Gasteiger partial charge on any atom is 0.224 e. The van der Waals surface area contributed by atoms with E-state index in [4.69, 9.17) is 0 Å². The number of pyridine rings is 2. The van der Waals surface area contributed by atoms with Crippen molar-refractivity contribution in [3.05, 3.63) is 65.9 Å². The Kier molecular flexibility index (Phi) is 5.48. The summed E-state index contributed by atoms with van der Waals surface area (Å²) in [4.78, 5) is 0. The van der Waals surface area contributed by atoms with Gasteiger partial charge in [-0.3, -0.25) is 0 Å². The van der Waals surface area contributed by atoms with Crippen LogP contribution < -0.4 is 9.75 Å². The van der Waals surface area contributed by atoms with Gasteiger partial charge in [0.2, 0.25) is 5.52 Å². The zero-order valence-electron chi connectivity index (χ0n) is 23.9. The van der Waals surface area contributed by atoms with Gasteiger partial charge in [0, 0.05) is 16.8 Å². The van der Waals surface area contributed by atoms with Crippen molar-refractivity contribution in [2.75, 3.05) is 0 Å². The molecule has 0 aliphatic carbocycles. The van der Waals surface area contributed by atoms with E-state index < -0.39 is 8.07 Å². The number of aryl methyl sites for hydroxylation is 2. The Labute approximate surface area is 222 Å². The van der Waals surface area contributed by atoms with Crippen molar-refractivity contribution >= 4 is 62.3 Å². The van der Waals surface area contributed by atoms with Crippen molar-refractivity contribution in [3.8, 4) is 0 Å². The van der Waals surface area contributed by atoms with Gasteiger partial charge in [0.05, 0.1) is 35.4 Å². The number of fused-ring (bicyclic) bond motifs is 5. The van der Waals surface area contributed by atoms with Gasteiger partial charge in [-0.25, -0.2) is 4.57 Å². The molecule has 0 N–H and O–H groups in total. The predicted octanol–water partition coefficient (Wildman–Crippen LogP) is 8.43. The van der Waals surface area contributed by atoms with Gasteiger partial charge in [0.1, 0.15) is 7.05 Å². The summed E-state index contributed by atoms with van der Waals surface area (Å²) in [6.45, 7) is 16.6. The van der Waals surface area contributed by atoms with E-state index in [-0.39, 0.29) is 5.41 Å². The molecule has 0 saturated heterocycles. The lowest BCUT2D eigenvalue weighted by atomic mass is 9.88. The zero-order chi connectivity index (χ0) is 26.3. The maximum atomic E-state index is 2.64. The number of benzene rings is 3. The second-order valence-electron chi connectivity index (χ2n) is 12.7. The van der Waals surface area contributed by atoms with Gasteiger partial charge >= 0.3 is 0 Å². The van der Waals surface area contributed by atoms with E-state index in [9.17, 15) is 0 Å². The Morgan fingerprint density at radius 1 is 0.811 bits per heavy atom. The molecular weight excluding hydrogens is 464 g/mol. The van der Waals surface area contributed by atoms with Crippen LogP contribution in [0.4, 0.5) is 0 Å². The van der Waals surface area contributed by atoms with E-state index in [2.05, 4.69) is 119 Å². The van der Waals surface area contributed by atoms with E-state index in [0.717, 1.165) is 6.42 Å². The Hall–Kier alpha value is -2.91. The average molecular weight is 506 g/mol. The van der Waals surface area contributed by atoms with Gasteiger partial charge < -0.3 is 4.40 Å². The van der Waals surface area contributed by atoms with Crippen molar-refractivity contribution in [1.29, 1.82) is 0 Å². The molecule has 0 radical (unpaired) electrons. The van der Waals surface area contributed by atoms with Crippen LogP contribution in [0, 0.1) is 12.3 Å². The number of aromatic nitrogens is 2. The molecule has 6 rings (SSSR count). The van der Waals surface area contributed by atoms with Crippen LogP contribution in [0.1, 0.15) is 52.7 Å². The van der Waals surface area contributed by atoms with Crippen LogP contribution in [0.15, 0.2) is 54.7 Å². The first kappa shape index (κ1) is 24.4. The van der Waals surface area contributed by atoms with Crippen molar-refractivity contribution in [2.45, 2.75) is 73.0 Å². The Morgan fingerprint density at radius 2 is 1.51 bits per heavy atom. The molecule has 37 heavy (non-hydrogen) atoms. The van der Waals surface area contributed by atoms with Crippen LogP contribution >= 0.6 is 0 Å². The third kappa shape index (κ3) is 3.46. The highest BCUT2D eigenvalue weighted by atomic mass is 28.3. The fourth-order valence-electron chi connectivity index (χ4n) is 7.15. The summed E-state index contributed by atoms with van der Waals surface area (Å²) in [6, 6.07) is 23.3. The average Bonchev–Trinajstić information content (AvgIpc) is 3.19. The number of rotatable bonds is 5. The van der Waals surface area contributed by atoms with Crippen molar-refractivity contribution < 1.29 is 4.57 Å². The molecule has 0 unspecified atom stereocenters. The molecule has 6 aromatic rings. The smallest absolute Gasteiger partial charge is 0.224 e. The van der Waals surface area contributed by atoms with Crippen LogP contribution in [0.3, 0.4) is 0 Å². The summed E-state index contributed by atoms with van der Waals surface area (Å²) in [5.41, 5.74) is 8.52. The second-order valence-corrected chi connectivity index (χ2v) is 17.9. The Bertz CT molecular complexity index is 1800. The topological polar surface area (TPSA) is 8.29 Å². The molecule has 3 heteroatoms. The molecule has 0 fully saturated rings. The van der Waals surface area contributed by atoms with Gasteiger partial charge in [-0.1, -0.05) is 95.2 Å². The van der Waals surface area contributed by atoms with Crippen LogP contribution in [0.2, 0.25) is 18.1 Å². The second kappa shape index (κ2) is 8.29. The first-order valence-electron chi connectivity index (χ1n) is 14.2. The van der Waals surface area contributed by atoms with E-state index in [1.165, 1.54) is 78.3 Å². The van der Waals surface area contributed by atoms with Crippen LogP contribution in [0.5, 0.6) is 0 Å². The minimum Gasteiger partial charge on any atom is -0.307 e. The highest BCUT2D eigenvalue weighted by Gasteiger charge is 2.32. The van der Waals surface area contributed by atoms with Gasteiger partial charge in [0.25, 0.3) is 0 Å². The minimum atomic E-state index is -1.56. The summed E-state index contributed by atoms with van der Waals surface area (Å²) < 4.78 is 4.99. The molecule has 0 spiro atoms. The molecule has 190 valence electrons. The van der Waals surface area contributed by atoms with Crippen LogP contribution in [-0.2, 0) is 13.5 Å². The number of nitrogens with zero attached hydrogens (tertiary/aromatic N) is 2. The summed E-state index contributed by atoms with van der Waals surface area (Å²) >= 11 is 0. The zero-order valence-corrected chi connectivity index (χ0v) is 24.9. The molecule has 0 aliphatic rings. The van der Waals surface area contributed by atoms with Crippen LogP contribution in [0.25, 0.3) is 49.0 Å². The first-order chi connectivity index (χ1) is 17.6. The summed E-state index contributed by atoms with van der Waals surface area (Å²) in [5.74, 6) is 0. The lowest BCUT2D eigenvalue weighted by Gasteiger charge is -2.29. The quantitative estimate of drug-likeness (QED) is 0.0961. The summed E-state index contributed by atoms with van der Waals surface area (Å²) in [6.07, 6.45) is 3.35. The third-order valence-electron chi connectivity index (χ3n) is 9.27.